The second kappa shape index (κ2) is 7.42. The van der Waals surface area contributed by atoms with E-state index in [2.05, 4.69) is 19.8 Å². The molecule has 1 aromatic heterocycles. The summed E-state index contributed by atoms with van der Waals surface area (Å²) in [5, 5.41) is 0. The van der Waals surface area contributed by atoms with Gasteiger partial charge in [-0.05, 0) is 26.2 Å². The summed E-state index contributed by atoms with van der Waals surface area (Å²) >= 11 is 0. The molecule has 1 atom stereocenters. The first-order chi connectivity index (χ1) is 13.0. The third-order valence-electron chi connectivity index (χ3n) is 6.00. The predicted octanol–water partition coefficient (Wildman–Crippen LogP) is 0.374. The molecule has 3 saturated heterocycles. The topological polar surface area (TPSA) is 72.9 Å². The third-order valence-corrected chi connectivity index (χ3v) is 6.00. The molecule has 27 heavy (non-hydrogen) atoms. The second-order valence-corrected chi connectivity index (χ2v) is 7.78. The van der Waals surface area contributed by atoms with Crippen molar-refractivity contribution in [3.05, 3.63) is 17.5 Å². The van der Waals surface area contributed by atoms with Gasteiger partial charge in [-0.25, -0.2) is 9.97 Å². The quantitative estimate of drug-likeness (QED) is 0.747. The van der Waals surface area contributed by atoms with Crippen molar-refractivity contribution in [1.29, 1.82) is 0 Å². The highest BCUT2D eigenvalue weighted by Gasteiger charge is 2.39. The van der Waals surface area contributed by atoms with Crippen LogP contribution in [0.4, 0.5) is 5.95 Å². The Bertz CT molecular complexity index is 733. The maximum atomic E-state index is 13.1. The SMILES string of the molecule is Cc1nc(N2CCCCC2)ncc1C(=O)N1CCN2CCN(C)C(=O)C2C1. The first-order valence-electron chi connectivity index (χ1n) is 9.91. The minimum Gasteiger partial charge on any atom is -0.343 e. The van der Waals surface area contributed by atoms with E-state index in [1.165, 1.54) is 6.42 Å². The summed E-state index contributed by atoms with van der Waals surface area (Å²) in [6.07, 6.45) is 5.25. The smallest absolute Gasteiger partial charge is 0.257 e. The molecule has 8 heteroatoms. The average molecular weight is 372 g/mol. The highest BCUT2D eigenvalue weighted by Crippen LogP contribution is 2.21. The van der Waals surface area contributed by atoms with Crippen LogP contribution in [-0.4, -0.2) is 95.4 Å². The summed E-state index contributed by atoms with van der Waals surface area (Å²) in [6, 6.07) is -0.227. The fourth-order valence-electron chi connectivity index (χ4n) is 4.23. The monoisotopic (exact) mass is 372 g/mol. The lowest BCUT2D eigenvalue weighted by atomic mass is 10.1. The van der Waals surface area contributed by atoms with Gasteiger partial charge in [0.2, 0.25) is 11.9 Å². The number of aromatic nitrogens is 2. The Morgan fingerprint density at radius 2 is 1.81 bits per heavy atom. The normalized spacial score (nSPS) is 24.1. The molecule has 8 nitrogen and oxygen atoms in total. The van der Waals surface area contributed by atoms with Gasteiger partial charge in [-0.15, -0.1) is 0 Å². The van der Waals surface area contributed by atoms with E-state index in [1.54, 1.807) is 16.0 Å². The number of piperazine rings is 2. The van der Waals surface area contributed by atoms with Crippen LogP contribution in [0.2, 0.25) is 0 Å². The number of fused-ring (bicyclic) bond motifs is 1. The van der Waals surface area contributed by atoms with Gasteiger partial charge in [0.15, 0.2) is 0 Å². The van der Waals surface area contributed by atoms with Crippen molar-refractivity contribution < 1.29 is 9.59 Å². The van der Waals surface area contributed by atoms with Crippen LogP contribution in [0.1, 0.15) is 35.3 Å². The van der Waals surface area contributed by atoms with Crippen molar-refractivity contribution >= 4 is 17.8 Å². The number of piperidine rings is 1. The largest absolute Gasteiger partial charge is 0.343 e. The molecule has 4 rings (SSSR count). The number of aryl methyl sites for hydroxylation is 1. The van der Waals surface area contributed by atoms with Gasteiger partial charge >= 0.3 is 0 Å². The lowest BCUT2D eigenvalue weighted by molar-refractivity contribution is -0.142. The van der Waals surface area contributed by atoms with Gasteiger partial charge < -0.3 is 14.7 Å². The molecule has 1 aromatic rings. The predicted molar refractivity (Wildman–Crippen MR) is 102 cm³/mol. The highest BCUT2D eigenvalue weighted by molar-refractivity contribution is 5.95. The Morgan fingerprint density at radius 3 is 2.56 bits per heavy atom. The average Bonchev–Trinajstić information content (AvgIpc) is 2.71. The van der Waals surface area contributed by atoms with Crippen LogP contribution >= 0.6 is 0 Å². The lowest BCUT2D eigenvalue weighted by Gasteiger charge is -2.45. The summed E-state index contributed by atoms with van der Waals surface area (Å²) in [5.74, 6) is 0.753. The summed E-state index contributed by atoms with van der Waals surface area (Å²) in [6.45, 7) is 7.28. The highest BCUT2D eigenvalue weighted by atomic mass is 16.2. The first kappa shape index (κ1) is 18.2. The van der Waals surface area contributed by atoms with Crippen LogP contribution in [0.5, 0.6) is 0 Å². The van der Waals surface area contributed by atoms with Gasteiger partial charge in [0.1, 0.15) is 6.04 Å². The van der Waals surface area contributed by atoms with Crippen molar-refractivity contribution in [2.45, 2.75) is 32.2 Å². The molecular formula is C19H28N6O2. The summed E-state index contributed by atoms with van der Waals surface area (Å²) < 4.78 is 0. The van der Waals surface area contributed by atoms with Gasteiger partial charge in [0.25, 0.3) is 5.91 Å². The molecule has 3 aliphatic rings. The molecule has 3 fully saturated rings. The molecule has 0 radical (unpaired) electrons. The molecule has 0 aliphatic carbocycles. The zero-order valence-corrected chi connectivity index (χ0v) is 16.2. The molecule has 3 aliphatic heterocycles. The number of amides is 2. The molecule has 0 spiro atoms. The number of anilines is 1. The number of hydrogen-bond acceptors (Lipinski definition) is 6. The third kappa shape index (κ3) is 3.50. The van der Waals surface area contributed by atoms with Gasteiger partial charge in [-0.2, -0.15) is 0 Å². The number of likely N-dealkylation sites (N-methyl/N-ethyl adjacent to an activating group) is 1. The Balaban J connectivity index is 1.48. The Morgan fingerprint density at radius 1 is 1.07 bits per heavy atom. The number of hydrogen-bond donors (Lipinski definition) is 0. The van der Waals surface area contributed by atoms with Crippen LogP contribution in [-0.2, 0) is 4.79 Å². The molecule has 0 bridgehead atoms. The van der Waals surface area contributed by atoms with E-state index in [-0.39, 0.29) is 17.9 Å². The van der Waals surface area contributed by atoms with E-state index in [0.29, 0.717) is 24.3 Å². The van der Waals surface area contributed by atoms with Crippen molar-refractivity contribution in [1.82, 2.24) is 24.7 Å². The number of carbonyl (C=O) groups is 2. The second-order valence-electron chi connectivity index (χ2n) is 7.78. The molecule has 2 amide bonds. The van der Waals surface area contributed by atoms with E-state index in [0.717, 1.165) is 51.5 Å². The van der Waals surface area contributed by atoms with Gasteiger partial charge in [-0.3, -0.25) is 14.5 Å². The molecule has 0 aromatic carbocycles. The van der Waals surface area contributed by atoms with Crippen molar-refractivity contribution in [2.24, 2.45) is 0 Å². The van der Waals surface area contributed by atoms with Crippen LogP contribution in [0, 0.1) is 6.92 Å². The van der Waals surface area contributed by atoms with Gasteiger partial charge in [0.05, 0.1) is 11.3 Å². The molecular weight excluding hydrogens is 344 g/mol. The Kier molecular flexibility index (Phi) is 4.99. The Labute approximate surface area is 160 Å². The summed E-state index contributed by atoms with van der Waals surface area (Å²) in [4.78, 5) is 42.5. The molecule has 4 heterocycles. The van der Waals surface area contributed by atoms with E-state index in [1.807, 2.05) is 14.0 Å². The van der Waals surface area contributed by atoms with Crippen molar-refractivity contribution in [3.63, 3.8) is 0 Å². The first-order valence-corrected chi connectivity index (χ1v) is 9.91. The fraction of sp³-hybridized carbons (Fsp3) is 0.684. The van der Waals surface area contributed by atoms with E-state index >= 15 is 0 Å². The molecule has 146 valence electrons. The number of nitrogens with zero attached hydrogens (tertiary/aromatic N) is 6. The van der Waals surface area contributed by atoms with Crippen LogP contribution in [0.25, 0.3) is 0 Å². The van der Waals surface area contributed by atoms with Crippen molar-refractivity contribution in [2.75, 3.05) is 57.8 Å². The van der Waals surface area contributed by atoms with E-state index < -0.39 is 0 Å². The molecule has 0 saturated carbocycles. The minimum atomic E-state index is -0.227. The molecule has 0 N–H and O–H groups in total. The number of rotatable bonds is 2. The van der Waals surface area contributed by atoms with Crippen LogP contribution < -0.4 is 4.90 Å². The Hall–Kier alpha value is -2.22. The molecule has 1 unspecified atom stereocenters. The fourth-order valence-corrected chi connectivity index (χ4v) is 4.23. The van der Waals surface area contributed by atoms with Crippen LogP contribution in [0.15, 0.2) is 6.20 Å². The minimum absolute atomic E-state index is 0.0710. The standard InChI is InChI=1S/C19H28N6O2/c1-14-15(12-20-19(21-14)24-6-4-3-5-7-24)17(26)25-11-10-23-9-8-22(2)18(27)16(23)13-25/h12,16H,3-11,13H2,1-2H3. The van der Waals surface area contributed by atoms with Gasteiger partial charge in [-0.1, -0.05) is 0 Å². The van der Waals surface area contributed by atoms with Crippen molar-refractivity contribution in [3.8, 4) is 0 Å². The zero-order chi connectivity index (χ0) is 19.0. The summed E-state index contributed by atoms with van der Waals surface area (Å²) in [7, 11) is 1.83. The maximum Gasteiger partial charge on any atom is 0.257 e. The van der Waals surface area contributed by atoms with E-state index in [4.69, 9.17) is 0 Å². The van der Waals surface area contributed by atoms with Crippen LogP contribution in [0.3, 0.4) is 0 Å². The maximum absolute atomic E-state index is 13.1. The van der Waals surface area contributed by atoms with E-state index in [9.17, 15) is 9.59 Å². The zero-order valence-electron chi connectivity index (χ0n) is 16.2. The lowest BCUT2D eigenvalue weighted by Crippen LogP contribution is -2.64. The van der Waals surface area contributed by atoms with Gasteiger partial charge in [0, 0.05) is 59.1 Å². The summed E-state index contributed by atoms with van der Waals surface area (Å²) in [5.41, 5.74) is 1.26. The number of carbonyl (C=O) groups excluding carboxylic acids is 2.